The van der Waals surface area contributed by atoms with E-state index in [-0.39, 0.29) is 11.0 Å². The second-order valence-corrected chi connectivity index (χ2v) is 8.79. The van der Waals surface area contributed by atoms with Crippen LogP contribution in [0.4, 0.5) is 11.4 Å². The average molecular weight is 507 g/mol. The van der Waals surface area contributed by atoms with Crippen LogP contribution in [-0.2, 0) is 13.0 Å². The van der Waals surface area contributed by atoms with Gasteiger partial charge in [0.15, 0.2) is 5.69 Å². The van der Waals surface area contributed by atoms with Crippen LogP contribution >= 0.6 is 28.1 Å². The third kappa shape index (κ3) is 4.59. The number of benzene rings is 3. The number of para-hydroxylation sites is 1. The summed E-state index contributed by atoms with van der Waals surface area (Å²) in [5, 5.41) is 23.8. The molecule has 0 fully saturated rings. The summed E-state index contributed by atoms with van der Waals surface area (Å²) in [5.74, 6) is 0.0573. The Labute approximate surface area is 200 Å². The van der Waals surface area contributed by atoms with E-state index in [9.17, 15) is 5.11 Å². The second-order valence-electron chi connectivity index (χ2n) is 7.49. The van der Waals surface area contributed by atoms with Crippen LogP contribution in [0, 0.1) is 6.92 Å². The van der Waals surface area contributed by atoms with E-state index in [4.69, 9.17) is 12.2 Å². The standard InChI is InChI=1S/C25H23BrN4OS/c1-3-17-9-6-7-11-21(17)27-25(32)29-28-23-20-14-19(26)12-13-22(20)30(24(23)31)15-18-10-5-4-8-16(18)2/h4-14,31H,3,15H2,1-2H3,(H,27,32). The Morgan fingerprint density at radius 1 is 1.06 bits per heavy atom. The number of aromatic nitrogens is 1. The van der Waals surface area contributed by atoms with E-state index in [0.717, 1.165) is 44.2 Å². The summed E-state index contributed by atoms with van der Waals surface area (Å²) in [6, 6.07) is 21.9. The van der Waals surface area contributed by atoms with Gasteiger partial charge in [-0.25, -0.2) is 0 Å². The number of nitrogens with zero attached hydrogens (tertiary/aromatic N) is 3. The van der Waals surface area contributed by atoms with Gasteiger partial charge in [-0.15, -0.1) is 10.2 Å². The predicted molar refractivity (Wildman–Crippen MR) is 138 cm³/mol. The highest BCUT2D eigenvalue weighted by Crippen LogP contribution is 2.40. The third-order valence-corrected chi connectivity index (χ3v) is 6.12. The molecule has 32 heavy (non-hydrogen) atoms. The Morgan fingerprint density at radius 3 is 2.53 bits per heavy atom. The number of aryl methyl sites for hydroxylation is 2. The molecule has 0 amide bonds. The smallest absolute Gasteiger partial charge is 0.221 e. The zero-order chi connectivity index (χ0) is 22.7. The molecular formula is C25H23BrN4OS. The lowest BCUT2D eigenvalue weighted by molar-refractivity contribution is 0.429. The first-order chi connectivity index (χ1) is 15.5. The molecule has 0 aliphatic rings. The van der Waals surface area contributed by atoms with Gasteiger partial charge in [0, 0.05) is 15.5 Å². The van der Waals surface area contributed by atoms with Crippen LogP contribution in [0.2, 0.25) is 0 Å². The maximum atomic E-state index is 11.1. The maximum Gasteiger partial charge on any atom is 0.221 e. The summed E-state index contributed by atoms with van der Waals surface area (Å²) in [6.45, 7) is 4.68. The predicted octanol–water partition coefficient (Wildman–Crippen LogP) is 7.51. The Bertz CT molecular complexity index is 1330. The molecule has 0 unspecified atom stereocenters. The quantitative estimate of drug-likeness (QED) is 0.217. The SMILES string of the molecule is CCc1ccccc1NC(=S)N=Nc1c(O)n(Cc2ccccc2C)c2ccc(Br)cc12. The van der Waals surface area contributed by atoms with Crippen molar-refractivity contribution in [2.75, 3.05) is 5.32 Å². The summed E-state index contributed by atoms with van der Waals surface area (Å²) in [4.78, 5) is 0. The first kappa shape index (κ1) is 22.2. The molecule has 3 aromatic carbocycles. The van der Waals surface area contributed by atoms with Crippen molar-refractivity contribution in [3.05, 3.63) is 87.9 Å². The minimum Gasteiger partial charge on any atom is -0.493 e. The molecule has 0 saturated carbocycles. The normalized spacial score (nSPS) is 11.3. The molecule has 2 N–H and O–H groups in total. The lowest BCUT2D eigenvalue weighted by Crippen LogP contribution is -2.07. The molecule has 7 heteroatoms. The molecule has 4 rings (SSSR count). The Hall–Kier alpha value is -3.03. The van der Waals surface area contributed by atoms with Crippen LogP contribution < -0.4 is 5.32 Å². The number of thiocarbonyl (C=S) groups is 1. The molecule has 162 valence electrons. The fraction of sp³-hybridized carbons (Fsp3) is 0.160. The minimum atomic E-state index is 0.0573. The fourth-order valence-electron chi connectivity index (χ4n) is 3.70. The molecule has 0 radical (unpaired) electrons. The zero-order valence-corrected chi connectivity index (χ0v) is 20.2. The highest BCUT2D eigenvalue weighted by Gasteiger charge is 2.18. The summed E-state index contributed by atoms with van der Waals surface area (Å²) >= 11 is 8.91. The van der Waals surface area contributed by atoms with Crippen molar-refractivity contribution in [2.24, 2.45) is 10.2 Å². The number of aromatic hydroxyl groups is 1. The molecular weight excluding hydrogens is 484 g/mol. The number of hydrogen-bond donors (Lipinski definition) is 2. The van der Waals surface area contributed by atoms with E-state index in [2.05, 4.69) is 57.5 Å². The van der Waals surface area contributed by atoms with Crippen LogP contribution in [-0.4, -0.2) is 14.8 Å². The van der Waals surface area contributed by atoms with Crippen molar-refractivity contribution in [3.63, 3.8) is 0 Å². The maximum absolute atomic E-state index is 11.1. The van der Waals surface area contributed by atoms with Gasteiger partial charge >= 0.3 is 0 Å². The number of hydrogen-bond acceptors (Lipinski definition) is 3. The monoisotopic (exact) mass is 506 g/mol. The largest absolute Gasteiger partial charge is 0.493 e. The summed E-state index contributed by atoms with van der Waals surface area (Å²) in [6.07, 6.45) is 0.879. The Balaban J connectivity index is 1.69. The number of anilines is 1. The van der Waals surface area contributed by atoms with Crippen molar-refractivity contribution in [1.82, 2.24) is 4.57 Å². The van der Waals surface area contributed by atoms with Gasteiger partial charge in [0.25, 0.3) is 0 Å². The highest BCUT2D eigenvalue weighted by atomic mass is 79.9. The van der Waals surface area contributed by atoms with Crippen LogP contribution in [0.15, 0.2) is 81.4 Å². The van der Waals surface area contributed by atoms with Crippen LogP contribution in [0.5, 0.6) is 5.88 Å². The van der Waals surface area contributed by atoms with Crippen LogP contribution in [0.25, 0.3) is 10.9 Å². The van der Waals surface area contributed by atoms with Gasteiger partial charge in [0.1, 0.15) is 0 Å². The van der Waals surface area contributed by atoms with E-state index in [1.807, 2.05) is 59.2 Å². The van der Waals surface area contributed by atoms with Gasteiger partial charge in [-0.1, -0.05) is 65.3 Å². The summed E-state index contributed by atoms with van der Waals surface area (Å²) in [7, 11) is 0. The van der Waals surface area contributed by atoms with Crippen molar-refractivity contribution in [1.29, 1.82) is 0 Å². The molecule has 0 atom stereocenters. The van der Waals surface area contributed by atoms with Gasteiger partial charge in [-0.3, -0.25) is 0 Å². The lowest BCUT2D eigenvalue weighted by Gasteiger charge is -2.09. The van der Waals surface area contributed by atoms with E-state index in [0.29, 0.717) is 12.2 Å². The Morgan fingerprint density at radius 2 is 1.78 bits per heavy atom. The molecule has 0 aliphatic heterocycles. The van der Waals surface area contributed by atoms with E-state index in [1.54, 1.807) is 0 Å². The average Bonchev–Trinajstić information content (AvgIpc) is 3.04. The number of halogens is 1. The van der Waals surface area contributed by atoms with Gasteiger partial charge in [0.05, 0.1) is 12.1 Å². The first-order valence-corrected chi connectivity index (χ1v) is 11.5. The second kappa shape index (κ2) is 9.63. The fourth-order valence-corrected chi connectivity index (χ4v) is 4.21. The number of fused-ring (bicyclic) bond motifs is 1. The molecule has 0 saturated heterocycles. The van der Waals surface area contributed by atoms with Crippen molar-refractivity contribution in [3.8, 4) is 5.88 Å². The van der Waals surface area contributed by atoms with Gasteiger partial charge < -0.3 is 15.0 Å². The molecule has 4 aromatic rings. The van der Waals surface area contributed by atoms with E-state index in [1.165, 1.54) is 0 Å². The molecule has 0 spiro atoms. The summed E-state index contributed by atoms with van der Waals surface area (Å²) < 4.78 is 2.74. The summed E-state index contributed by atoms with van der Waals surface area (Å²) in [5.41, 5.74) is 5.61. The molecule has 1 aromatic heterocycles. The minimum absolute atomic E-state index is 0.0573. The molecule has 0 bridgehead atoms. The number of rotatable bonds is 5. The molecule has 1 heterocycles. The first-order valence-electron chi connectivity index (χ1n) is 10.3. The van der Waals surface area contributed by atoms with Gasteiger partial charge in [-0.05, 0) is 66.5 Å². The van der Waals surface area contributed by atoms with Crippen molar-refractivity contribution < 1.29 is 5.11 Å². The van der Waals surface area contributed by atoms with Gasteiger partial charge in [0.2, 0.25) is 11.0 Å². The van der Waals surface area contributed by atoms with Crippen molar-refractivity contribution >= 4 is 55.5 Å². The van der Waals surface area contributed by atoms with Gasteiger partial charge in [-0.2, -0.15) is 0 Å². The van der Waals surface area contributed by atoms with Crippen LogP contribution in [0.1, 0.15) is 23.6 Å². The van der Waals surface area contributed by atoms with E-state index >= 15 is 0 Å². The lowest BCUT2D eigenvalue weighted by atomic mass is 10.1. The number of nitrogens with one attached hydrogen (secondary N) is 1. The molecule has 0 aliphatic carbocycles. The zero-order valence-electron chi connectivity index (χ0n) is 17.8. The van der Waals surface area contributed by atoms with Crippen molar-refractivity contribution in [2.45, 2.75) is 26.8 Å². The third-order valence-electron chi connectivity index (χ3n) is 5.44. The Kier molecular flexibility index (Phi) is 6.67. The topological polar surface area (TPSA) is 61.9 Å². The highest BCUT2D eigenvalue weighted by molar-refractivity contribution is 9.10. The number of azo groups is 1. The van der Waals surface area contributed by atoms with Crippen LogP contribution in [0.3, 0.4) is 0 Å². The molecule has 5 nitrogen and oxygen atoms in total. The van der Waals surface area contributed by atoms with E-state index < -0.39 is 0 Å².